The summed E-state index contributed by atoms with van der Waals surface area (Å²) in [6.07, 6.45) is -11.4. The summed E-state index contributed by atoms with van der Waals surface area (Å²) in [4.78, 5) is 13.5. The highest BCUT2D eigenvalue weighted by Gasteiger charge is 2.39. The first-order chi connectivity index (χ1) is 9.44. The summed E-state index contributed by atoms with van der Waals surface area (Å²) in [5.41, 5.74) is -2.39. The van der Waals surface area contributed by atoms with Gasteiger partial charge in [-0.2, -0.15) is 18.2 Å². The van der Waals surface area contributed by atoms with E-state index in [1.807, 2.05) is 0 Å². The molecule has 1 aromatic heterocycles. The molecule has 1 heterocycles. The van der Waals surface area contributed by atoms with Gasteiger partial charge in [0.2, 0.25) is 11.8 Å². The summed E-state index contributed by atoms with van der Waals surface area (Å²) < 4.78 is 82.2. The molecule has 11 heteroatoms. The standard InChI is InChI=1S/C10H7F6NO4/c1-20-8-5(9(11,12)13)2-4(3-6(18)19)7(17-8)21-10(14,15)16/h2H,3H2,1H3,(H,18,19). The van der Waals surface area contributed by atoms with Crippen LogP contribution in [0.15, 0.2) is 6.07 Å². The Balaban J connectivity index is 3.44. The molecular formula is C10H7F6NO4. The van der Waals surface area contributed by atoms with Gasteiger partial charge in [-0.3, -0.25) is 4.79 Å². The van der Waals surface area contributed by atoms with Gasteiger partial charge < -0.3 is 14.6 Å². The van der Waals surface area contributed by atoms with Crippen molar-refractivity contribution >= 4 is 5.97 Å². The normalized spacial score (nSPS) is 12.1. The average molecular weight is 319 g/mol. The Morgan fingerprint density at radius 2 is 1.81 bits per heavy atom. The molecule has 118 valence electrons. The van der Waals surface area contributed by atoms with Gasteiger partial charge >= 0.3 is 18.5 Å². The van der Waals surface area contributed by atoms with E-state index in [-0.39, 0.29) is 6.07 Å². The largest absolute Gasteiger partial charge is 0.574 e. The van der Waals surface area contributed by atoms with Gasteiger partial charge in [0.15, 0.2) is 0 Å². The summed E-state index contributed by atoms with van der Waals surface area (Å²) in [6, 6.07) is 0.195. The summed E-state index contributed by atoms with van der Waals surface area (Å²) >= 11 is 0. The van der Waals surface area contributed by atoms with Crippen molar-refractivity contribution in [3.8, 4) is 11.8 Å². The van der Waals surface area contributed by atoms with Crippen LogP contribution in [-0.4, -0.2) is 29.5 Å². The topological polar surface area (TPSA) is 68.7 Å². The van der Waals surface area contributed by atoms with E-state index < -0.39 is 47.8 Å². The molecular weight excluding hydrogens is 312 g/mol. The minimum atomic E-state index is -5.25. The Morgan fingerprint density at radius 3 is 2.19 bits per heavy atom. The lowest BCUT2D eigenvalue weighted by Gasteiger charge is -2.16. The predicted molar refractivity (Wildman–Crippen MR) is 53.8 cm³/mol. The van der Waals surface area contributed by atoms with Crippen LogP contribution in [-0.2, 0) is 17.4 Å². The van der Waals surface area contributed by atoms with Crippen LogP contribution in [0.4, 0.5) is 26.3 Å². The number of hydrogen-bond acceptors (Lipinski definition) is 4. The molecule has 0 aliphatic rings. The van der Waals surface area contributed by atoms with E-state index in [2.05, 4.69) is 14.5 Å². The third-order valence-corrected chi connectivity index (χ3v) is 2.08. The van der Waals surface area contributed by atoms with Crippen LogP contribution in [0.1, 0.15) is 11.1 Å². The molecule has 0 bridgehead atoms. The Hall–Kier alpha value is -2.20. The lowest BCUT2D eigenvalue weighted by atomic mass is 10.1. The Kier molecular flexibility index (Phi) is 4.54. The van der Waals surface area contributed by atoms with E-state index in [0.29, 0.717) is 0 Å². The molecule has 0 aromatic carbocycles. The second kappa shape index (κ2) is 5.66. The van der Waals surface area contributed by atoms with Gasteiger partial charge in [0, 0.05) is 5.56 Å². The van der Waals surface area contributed by atoms with Crippen LogP contribution in [0.25, 0.3) is 0 Å². The van der Waals surface area contributed by atoms with Crippen LogP contribution in [0, 0.1) is 0 Å². The van der Waals surface area contributed by atoms with Crippen LogP contribution < -0.4 is 9.47 Å². The van der Waals surface area contributed by atoms with E-state index in [1.54, 1.807) is 0 Å². The number of rotatable bonds is 4. The second-order valence-corrected chi connectivity index (χ2v) is 3.63. The lowest BCUT2D eigenvalue weighted by molar-refractivity contribution is -0.276. The number of carboxylic acids is 1. The first-order valence-corrected chi connectivity index (χ1v) is 5.06. The number of ether oxygens (including phenoxy) is 2. The fourth-order valence-electron chi connectivity index (χ4n) is 1.37. The number of carboxylic acid groups (broad SMARTS) is 1. The van der Waals surface area contributed by atoms with Gasteiger partial charge in [-0.1, -0.05) is 0 Å². The van der Waals surface area contributed by atoms with Gasteiger partial charge in [0.25, 0.3) is 0 Å². The van der Waals surface area contributed by atoms with Crippen molar-refractivity contribution in [1.29, 1.82) is 0 Å². The van der Waals surface area contributed by atoms with Crippen molar-refractivity contribution < 1.29 is 45.7 Å². The number of carbonyl (C=O) groups is 1. The number of pyridine rings is 1. The maximum atomic E-state index is 12.7. The molecule has 0 saturated carbocycles. The summed E-state index contributed by atoms with van der Waals surface area (Å²) in [6.45, 7) is 0. The molecule has 0 aliphatic carbocycles. The monoisotopic (exact) mass is 319 g/mol. The van der Waals surface area contributed by atoms with Crippen LogP contribution in [0.2, 0.25) is 0 Å². The first kappa shape index (κ1) is 16.9. The van der Waals surface area contributed by atoms with Crippen molar-refractivity contribution in [3.63, 3.8) is 0 Å². The molecule has 1 N–H and O–H groups in total. The predicted octanol–water partition coefficient (Wildman–Crippen LogP) is 2.63. The number of nitrogens with zero attached hydrogens (tertiary/aromatic N) is 1. The van der Waals surface area contributed by atoms with Gasteiger partial charge in [-0.15, -0.1) is 13.2 Å². The van der Waals surface area contributed by atoms with E-state index in [1.165, 1.54) is 0 Å². The van der Waals surface area contributed by atoms with E-state index in [0.717, 1.165) is 7.11 Å². The highest BCUT2D eigenvalue weighted by Crippen LogP contribution is 2.38. The number of hydrogen-bond donors (Lipinski definition) is 1. The maximum absolute atomic E-state index is 12.7. The van der Waals surface area contributed by atoms with Crippen molar-refractivity contribution in [2.24, 2.45) is 0 Å². The quantitative estimate of drug-likeness (QED) is 0.864. The van der Waals surface area contributed by atoms with Gasteiger partial charge in [0.1, 0.15) is 5.56 Å². The molecule has 0 radical (unpaired) electrons. The van der Waals surface area contributed by atoms with E-state index >= 15 is 0 Å². The fraction of sp³-hybridized carbons (Fsp3) is 0.400. The maximum Gasteiger partial charge on any atom is 0.574 e. The van der Waals surface area contributed by atoms with Gasteiger partial charge in [-0.05, 0) is 6.07 Å². The Labute approximate surface area is 113 Å². The molecule has 21 heavy (non-hydrogen) atoms. The number of alkyl halides is 6. The molecule has 0 fully saturated rings. The fourth-order valence-corrected chi connectivity index (χ4v) is 1.37. The highest BCUT2D eigenvalue weighted by molar-refractivity contribution is 5.71. The molecule has 0 unspecified atom stereocenters. The average Bonchev–Trinajstić information content (AvgIpc) is 2.26. The SMILES string of the molecule is COc1nc(OC(F)(F)F)c(CC(=O)O)cc1C(F)(F)F. The van der Waals surface area contributed by atoms with Crippen LogP contribution >= 0.6 is 0 Å². The summed E-state index contributed by atoms with van der Waals surface area (Å²) in [7, 11) is 0.770. The molecule has 0 aliphatic heterocycles. The van der Waals surface area contributed by atoms with Crippen molar-refractivity contribution in [1.82, 2.24) is 4.98 Å². The first-order valence-electron chi connectivity index (χ1n) is 5.06. The van der Waals surface area contributed by atoms with Crippen molar-refractivity contribution in [2.45, 2.75) is 19.0 Å². The third-order valence-electron chi connectivity index (χ3n) is 2.08. The van der Waals surface area contributed by atoms with Crippen molar-refractivity contribution in [2.75, 3.05) is 7.11 Å². The van der Waals surface area contributed by atoms with Crippen LogP contribution in [0.5, 0.6) is 11.8 Å². The zero-order valence-corrected chi connectivity index (χ0v) is 10.2. The van der Waals surface area contributed by atoms with Crippen molar-refractivity contribution in [3.05, 3.63) is 17.2 Å². The molecule has 1 aromatic rings. The van der Waals surface area contributed by atoms with Gasteiger partial charge in [-0.25, -0.2) is 0 Å². The van der Waals surface area contributed by atoms with E-state index in [9.17, 15) is 31.1 Å². The minimum absolute atomic E-state index is 0.195. The Bertz CT molecular complexity index is 540. The molecule has 0 amide bonds. The molecule has 0 saturated heterocycles. The van der Waals surface area contributed by atoms with Gasteiger partial charge in [0.05, 0.1) is 13.5 Å². The number of aliphatic carboxylic acids is 1. The Morgan fingerprint density at radius 1 is 1.24 bits per heavy atom. The highest BCUT2D eigenvalue weighted by atomic mass is 19.4. The summed E-state index contributed by atoms with van der Waals surface area (Å²) in [5, 5.41) is 8.53. The molecule has 0 atom stereocenters. The molecule has 1 rings (SSSR count). The van der Waals surface area contributed by atoms with E-state index in [4.69, 9.17) is 5.11 Å². The molecule has 5 nitrogen and oxygen atoms in total. The zero-order valence-electron chi connectivity index (χ0n) is 10.2. The smallest absolute Gasteiger partial charge is 0.481 e. The molecule has 0 spiro atoms. The minimum Gasteiger partial charge on any atom is -0.481 e. The third kappa shape index (κ3) is 4.68. The lowest BCUT2D eigenvalue weighted by Crippen LogP contribution is -2.21. The van der Waals surface area contributed by atoms with Crippen LogP contribution in [0.3, 0.4) is 0 Å². The number of halogens is 6. The second-order valence-electron chi connectivity index (χ2n) is 3.63. The number of aromatic nitrogens is 1. The summed E-state index contributed by atoms with van der Waals surface area (Å²) in [5.74, 6) is -4.12. The number of methoxy groups -OCH3 is 1. The zero-order chi connectivity index (χ0) is 16.4.